The summed E-state index contributed by atoms with van der Waals surface area (Å²) in [5, 5.41) is 22.1. The maximum Gasteiger partial charge on any atom is 0.340 e. The lowest BCUT2D eigenvalue weighted by atomic mass is 10.1. The van der Waals surface area contributed by atoms with Crippen LogP contribution in [0.4, 0.5) is 5.69 Å². The van der Waals surface area contributed by atoms with E-state index in [1.807, 2.05) is 29.7 Å². The summed E-state index contributed by atoms with van der Waals surface area (Å²) in [6, 6.07) is 10.3. The van der Waals surface area contributed by atoms with Crippen molar-refractivity contribution in [3.63, 3.8) is 0 Å². The molecular weight excluding hydrogens is 460 g/mol. The van der Waals surface area contributed by atoms with Crippen LogP contribution in [0.15, 0.2) is 29.6 Å². The summed E-state index contributed by atoms with van der Waals surface area (Å²) in [7, 11) is 2.82. The van der Waals surface area contributed by atoms with Crippen molar-refractivity contribution >= 4 is 34.8 Å². The van der Waals surface area contributed by atoms with Crippen molar-refractivity contribution in [2.75, 3.05) is 39.2 Å². The quantitative estimate of drug-likeness (QED) is 0.453. The molecular formula is C23H24N4O6S. The molecule has 0 bridgehead atoms. The van der Waals surface area contributed by atoms with Crippen molar-refractivity contribution in [2.24, 2.45) is 0 Å². The standard InChI is InChI=1S/C23H24N4O6S/c1-31-19-13-17(23(30)33-15-22(29)27(9-4-7-24)10-5-8-25)18(14-20(19)32-2)26-21(28)12-16-6-3-11-34-16/h3,6,11,13-14H,4-5,9-10,12,15H2,1-2H3,(H,26,28). The van der Waals surface area contributed by atoms with Crippen LogP contribution in [-0.4, -0.2) is 56.6 Å². The predicted octanol–water partition coefficient (Wildman–Crippen LogP) is 2.76. The number of rotatable bonds is 12. The van der Waals surface area contributed by atoms with E-state index in [9.17, 15) is 14.4 Å². The molecule has 0 unspecified atom stereocenters. The third kappa shape index (κ3) is 7.50. The number of carbonyl (C=O) groups is 3. The van der Waals surface area contributed by atoms with Gasteiger partial charge in [0.1, 0.15) is 0 Å². The van der Waals surface area contributed by atoms with Gasteiger partial charge in [-0.1, -0.05) is 6.07 Å². The molecule has 0 fully saturated rings. The average molecular weight is 485 g/mol. The van der Waals surface area contributed by atoms with E-state index in [-0.39, 0.29) is 55.3 Å². The van der Waals surface area contributed by atoms with E-state index in [1.54, 1.807) is 0 Å². The summed E-state index contributed by atoms with van der Waals surface area (Å²) in [5.74, 6) is -1.22. The van der Waals surface area contributed by atoms with Crippen molar-refractivity contribution < 1.29 is 28.6 Å². The molecule has 10 nitrogen and oxygen atoms in total. The molecule has 1 heterocycles. The number of nitriles is 2. The lowest BCUT2D eigenvalue weighted by Gasteiger charge is -2.20. The number of ether oxygens (including phenoxy) is 3. The lowest BCUT2D eigenvalue weighted by Crippen LogP contribution is -2.36. The van der Waals surface area contributed by atoms with E-state index in [4.69, 9.17) is 24.7 Å². The Morgan fingerprint density at radius 2 is 1.71 bits per heavy atom. The van der Waals surface area contributed by atoms with Crippen molar-refractivity contribution in [1.82, 2.24) is 4.90 Å². The second kappa shape index (κ2) is 13.5. The Kier molecular flexibility index (Phi) is 10.4. The summed E-state index contributed by atoms with van der Waals surface area (Å²) in [6.45, 7) is -0.351. The number of benzene rings is 1. The average Bonchev–Trinajstić information content (AvgIpc) is 3.34. The molecule has 1 aromatic heterocycles. The summed E-state index contributed by atoms with van der Waals surface area (Å²) in [4.78, 5) is 40.0. The van der Waals surface area contributed by atoms with Gasteiger partial charge in [-0.2, -0.15) is 10.5 Å². The van der Waals surface area contributed by atoms with E-state index >= 15 is 0 Å². The van der Waals surface area contributed by atoms with Crippen LogP contribution in [0.3, 0.4) is 0 Å². The highest BCUT2D eigenvalue weighted by Crippen LogP contribution is 2.34. The van der Waals surface area contributed by atoms with Gasteiger partial charge in [0, 0.05) is 30.1 Å². The smallest absolute Gasteiger partial charge is 0.340 e. The van der Waals surface area contributed by atoms with Crippen LogP contribution < -0.4 is 14.8 Å². The first-order valence-corrected chi connectivity index (χ1v) is 11.1. The highest BCUT2D eigenvalue weighted by molar-refractivity contribution is 7.10. The Bertz CT molecular complexity index is 1070. The number of amides is 2. The number of nitrogens with one attached hydrogen (secondary N) is 1. The summed E-state index contributed by atoms with van der Waals surface area (Å²) >= 11 is 1.43. The SMILES string of the molecule is COc1cc(NC(=O)Cc2cccs2)c(C(=O)OCC(=O)N(CCC#N)CCC#N)cc1OC. The zero-order valence-corrected chi connectivity index (χ0v) is 19.6. The van der Waals surface area contributed by atoms with E-state index in [0.29, 0.717) is 5.75 Å². The van der Waals surface area contributed by atoms with Gasteiger partial charge in [0.15, 0.2) is 18.1 Å². The van der Waals surface area contributed by atoms with E-state index in [1.165, 1.54) is 42.6 Å². The van der Waals surface area contributed by atoms with Crippen LogP contribution >= 0.6 is 11.3 Å². The largest absolute Gasteiger partial charge is 0.493 e. The highest BCUT2D eigenvalue weighted by atomic mass is 32.1. The first-order chi connectivity index (χ1) is 16.4. The van der Waals surface area contributed by atoms with Gasteiger partial charge in [0.2, 0.25) is 5.91 Å². The molecule has 0 aliphatic heterocycles. The van der Waals surface area contributed by atoms with Crippen LogP contribution in [-0.2, 0) is 20.7 Å². The third-order valence-corrected chi connectivity index (χ3v) is 5.48. The Labute approximate surface area is 201 Å². The molecule has 0 saturated heterocycles. The molecule has 11 heteroatoms. The molecule has 0 radical (unpaired) electrons. The van der Waals surface area contributed by atoms with Crippen LogP contribution in [0.5, 0.6) is 11.5 Å². The van der Waals surface area contributed by atoms with Crippen molar-refractivity contribution in [1.29, 1.82) is 10.5 Å². The minimum absolute atomic E-state index is 0.0226. The molecule has 2 aromatic rings. The van der Waals surface area contributed by atoms with E-state index in [0.717, 1.165) is 4.88 Å². The van der Waals surface area contributed by atoms with Gasteiger partial charge in [0.25, 0.3) is 5.91 Å². The van der Waals surface area contributed by atoms with Gasteiger partial charge in [-0.3, -0.25) is 9.59 Å². The molecule has 2 rings (SSSR count). The van der Waals surface area contributed by atoms with E-state index in [2.05, 4.69) is 5.32 Å². The molecule has 1 aromatic carbocycles. The highest BCUT2D eigenvalue weighted by Gasteiger charge is 2.22. The maximum atomic E-state index is 12.8. The summed E-state index contributed by atoms with van der Waals surface area (Å²) in [6.07, 6.45) is 0.286. The van der Waals surface area contributed by atoms with Gasteiger partial charge < -0.3 is 24.4 Å². The molecule has 0 aliphatic rings. The molecule has 1 N–H and O–H groups in total. The van der Waals surface area contributed by atoms with Gasteiger partial charge in [-0.25, -0.2) is 4.79 Å². The Balaban J connectivity index is 2.19. The van der Waals surface area contributed by atoms with Crippen LogP contribution in [0.1, 0.15) is 28.1 Å². The maximum absolute atomic E-state index is 12.8. The number of hydrogen-bond acceptors (Lipinski definition) is 9. The second-order valence-electron chi connectivity index (χ2n) is 6.83. The van der Waals surface area contributed by atoms with Gasteiger partial charge in [-0.05, 0) is 11.4 Å². The van der Waals surface area contributed by atoms with Crippen LogP contribution in [0.2, 0.25) is 0 Å². The Morgan fingerprint density at radius 3 is 2.26 bits per heavy atom. The fourth-order valence-corrected chi connectivity index (χ4v) is 3.65. The van der Waals surface area contributed by atoms with Crippen molar-refractivity contribution in [3.05, 3.63) is 40.1 Å². The van der Waals surface area contributed by atoms with Gasteiger partial charge in [0.05, 0.1) is 56.9 Å². The number of methoxy groups -OCH3 is 2. The first-order valence-electron chi connectivity index (χ1n) is 10.2. The number of esters is 1. The first kappa shape index (κ1) is 26.2. The zero-order valence-electron chi connectivity index (χ0n) is 18.8. The fourth-order valence-electron chi connectivity index (χ4n) is 2.94. The van der Waals surface area contributed by atoms with Crippen LogP contribution in [0.25, 0.3) is 0 Å². The number of carbonyl (C=O) groups excluding carboxylic acids is 3. The molecule has 0 atom stereocenters. The molecule has 2 amide bonds. The zero-order chi connectivity index (χ0) is 24.9. The minimum atomic E-state index is -0.860. The minimum Gasteiger partial charge on any atom is -0.493 e. The summed E-state index contributed by atoms with van der Waals surface area (Å²) < 4.78 is 15.7. The number of thiophene rings is 1. The number of nitrogens with zero attached hydrogens (tertiary/aromatic N) is 3. The Morgan fingerprint density at radius 1 is 1.06 bits per heavy atom. The molecule has 0 saturated carbocycles. The van der Waals surface area contributed by atoms with Gasteiger partial charge in [-0.15, -0.1) is 11.3 Å². The van der Waals surface area contributed by atoms with E-state index < -0.39 is 18.5 Å². The number of anilines is 1. The monoisotopic (exact) mass is 484 g/mol. The predicted molar refractivity (Wildman–Crippen MR) is 124 cm³/mol. The molecule has 178 valence electrons. The summed E-state index contributed by atoms with van der Waals surface area (Å²) in [5.41, 5.74) is 0.119. The Hall–Kier alpha value is -4.09. The number of hydrogen-bond donors (Lipinski definition) is 1. The van der Waals surface area contributed by atoms with Crippen molar-refractivity contribution in [2.45, 2.75) is 19.3 Å². The third-order valence-electron chi connectivity index (χ3n) is 4.60. The second-order valence-corrected chi connectivity index (χ2v) is 7.86. The van der Waals surface area contributed by atoms with Gasteiger partial charge >= 0.3 is 5.97 Å². The normalized spacial score (nSPS) is 9.88. The van der Waals surface area contributed by atoms with Crippen molar-refractivity contribution in [3.8, 4) is 23.6 Å². The molecule has 0 spiro atoms. The lowest BCUT2D eigenvalue weighted by molar-refractivity contribution is -0.134. The topological polar surface area (TPSA) is 142 Å². The fraction of sp³-hybridized carbons (Fsp3) is 0.348. The van der Waals surface area contributed by atoms with Crippen LogP contribution in [0, 0.1) is 22.7 Å². The molecule has 0 aliphatic carbocycles. The molecule has 34 heavy (non-hydrogen) atoms.